The number of halogens is 1. The molecule has 13 heavy (non-hydrogen) atoms. The Bertz CT molecular complexity index is 281. The Hall–Kier alpha value is -1.22. The SMILES string of the molecule is [CH2]OC(=O)COc1ccc(Cl)cc1. The van der Waals surface area contributed by atoms with Gasteiger partial charge in [0.1, 0.15) is 12.9 Å². The van der Waals surface area contributed by atoms with Gasteiger partial charge >= 0.3 is 5.97 Å². The number of hydrogen-bond donors (Lipinski definition) is 0. The van der Waals surface area contributed by atoms with Gasteiger partial charge in [0.15, 0.2) is 6.61 Å². The van der Waals surface area contributed by atoms with E-state index in [9.17, 15) is 4.79 Å². The van der Waals surface area contributed by atoms with E-state index in [1.807, 2.05) is 0 Å². The van der Waals surface area contributed by atoms with Crippen LogP contribution in [0.5, 0.6) is 5.75 Å². The van der Waals surface area contributed by atoms with Gasteiger partial charge in [-0.05, 0) is 24.3 Å². The highest BCUT2D eigenvalue weighted by molar-refractivity contribution is 6.30. The lowest BCUT2D eigenvalue weighted by molar-refractivity contribution is -0.140. The number of carbonyl (C=O) groups excluding carboxylic acids is 1. The fourth-order valence-corrected chi connectivity index (χ4v) is 0.841. The Morgan fingerprint density at radius 3 is 2.54 bits per heavy atom. The zero-order valence-electron chi connectivity index (χ0n) is 6.83. The largest absolute Gasteiger partial charge is 0.482 e. The van der Waals surface area contributed by atoms with Crippen LogP contribution in [0.25, 0.3) is 0 Å². The first-order chi connectivity index (χ1) is 6.22. The third kappa shape index (κ3) is 3.34. The maximum Gasteiger partial charge on any atom is 0.344 e. The number of carbonyl (C=O) groups is 1. The average Bonchev–Trinajstić information content (AvgIpc) is 2.16. The Balaban J connectivity index is 2.46. The summed E-state index contributed by atoms with van der Waals surface area (Å²) in [6, 6.07) is 6.68. The molecule has 0 aromatic heterocycles. The summed E-state index contributed by atoms with van der Waals surface area (Å²) >= 11 is 5.64. The van der Waals surface area contributed by atoms with Gasteiger partial charge in [0.25, 0.3) is 0 Å². The lowest BCUT2D eigenvalue weighted by atomic mass is 10.3. The van der Waals surface area contributed by atoms with Crippen LogP contribution in [0.3, 0.4) is 0 Å². The molecule has 1 rings (SSSR count). The molecule has 3 nitrogen and oxygen atoms in total. The van der Waals surface area contributed by atoms with Crippen LogP contribution in [0.1, 0.15) is 0 Å². The van der Waals surface area contributed by atoms with Crippen LogP contribution >= 0.6 is 11.6 Å². The first-order valence-corrected chi connectivity index (χ1v) is 3.93. The zero-order valence-corrected chi connectivity index (χ0v) is 7.58. The fraction of sp³-hybridized carbons (Fsp3) is 0.111. The molecule has 0 saturated carbocycles. The lowest BCUT2D eigenvalue weighted by Gasteiger charge is -2.03. The highest BCUT2D eigenvalue weighted by Gasteiger charge is 2.00. The molecule has 0 aliphatic carbocycles. The summed E-state index contributed by atoms with van der Waals surface area (Å²) in [6.45, 7) is -0.148. The second-order valence-electron chi connectivity index (χ2n) is 2.26. The summed E-state index contributed by atoms with van der Waals surface area (Å²) in [6.07, 6.45) is 0. The van der Waals surface area contributed by atoms with Gasteiger partial charge in [0, 0.05) is 5.02 Å². The van der Waals surface area contributed by atoms with Crippen molar-refractivity contribution in [3.63, 3.8) is 0 Å². The van der Waals surface area contributed by atoms with Crippen molar-refractivity contribution < 1.29 is 14.3 Å². The molecule has 69 valence electrons. The van der Waals surface area contributed by atoms with E-state index in [1.165, 1.54) is 0 Å². The van der Waals surface area contributed by atoms with Crippen LogP contribution in [-0.4, -0.2) is 12.6 Å². The van der Waals surface area contributed by atoms with Gasteiger partial charge in [-0.1, -0.05) is 11.6 Å². The van der Waals surface area contributed by atoms with Crippen LogP contribution in [0.2, 0.25) is 5.02 Å². The van der Waals surface area contributed by atoms with Crippen molar-refractivity contribution in [1.29, 1.82) is 0 Å². The maximum absolute atomic E-state index is 10.6. The Morgan fingerprint density at radius 2 is 2.00 bits per heavy atom. The first kappa shape index (κ1) is 9.86. The van der Waals surface area contributed by atoms with Gasteiger partial charge in [0.2, 0.25) is 0 Å². The molecule has 0 aliphatic rings. The van der Waals surface area contributed by atoms with Crippen molar-refractivity contribution in [3.8, 4) is 5.75 Å². The van der Waals surface area contributed by atoms with Crippen LogP contribution in [-0.2, 0) is 9.53 Å². The molecular weight excluding hydrogens is 192 g/mol. The smallest absolute Gasteiger partial charge is 0.344 e. The molecule has 0 atom stereocenters. The van der Waals surface area contributed by atoms with Crippen LogP contribution in [0.4, 0.5) is 0 Å². The van der Waals surface area contributed by atoms with Crippen LogP contribution in [0.15, 0.2) is 24.3 Å². The molecular formula is C9H8ClO3. The van der Waals surface area contributed by atoms with Gasteiger partial charge in [-0.15, -0.1) is 0 Å². The van der Waals surface area contributed by atoms with Gasteiger partial charge in [-0.2, -0.15) is 0 Å². The summed E-state index contributed by atoms with van der Waals surface area (Å²) in [5, 5.41) is 0.618. The van der Waals surface area contributed by atoms with Crippen LogP contribution in [0, 0.1) is 7.11 Å². The minimum absolute atomic E-state index is 0.148. The minimum atomic E-state index is -0.519. The summed E-state index contributed by atoms with van der Waals surface area (Å²) < 4.78 is 9.20. The molecule has 0 heterocycles. The van der Waals surface area contributed by atoms with E-state index in [0.717, 1.165) is 0 Å². The van der Waals surface area contributed by atoms with E-state index < -0.39 is 5.97 Å². The predicted molar refractivity (Wildman–Crippen MR) is 48.4 cm³/mol. The van der Waals surface area contributed by atoms with E-state index in [-0.39, 0.29) is 6.61 Å². The van der Waals surface area contributed by atoms with Crippen molar-refractivity contribution in [1.82, 2.24) is 0 Å². The molecule has 0 bridgehead atoms. The Kier molecular flexibility index (Phi) is 3.58. The average molecular weight is 200 g/mol. The second-order valence-corrected chi connectivity index (χ2v) is 2.70. The number of benzene rings is 1. The van der Waals surface area contributed by atoms with Crippen LogP contribution < -0.4 is 4.74 Å². The van der Waals surface area contributed by atoms with Gasteiger partial charge in [-0.25, -0.2) is 4.79 Å². The Morgan fingerprint density at radius 1 is 1.38 bits per heavy atom. The van der Waals surface area contributed by atoms with Gasteiger partial charge in [0.05, 0.1) is 0 Å². The topological polar surface area (TPSA) is 35.5 Å². The van der Waals surface area contributed by atoms with Crippen molar-refractivity contribution >= 4 is 17.6 Å². The van der Waals surface area contributed by atoms with Gasteiger partial charge in [-0.3, -0.25) is 0 Å². The molecule has 1 radical (unpaired) electrons. The predicted octanol–water partition coefficient (Wildman–Crippen LogP) is 2.05. The molecule has 1 aromatic rings. The second kappa shape index (κ2) is 4.72. The van der Waals surface area contributed by atoms with Crippen molar-refractivity contribution in [3.05, 3.63) is 36.4 Å². The molecule has 0 unspecified atom stereocenters. The molecule has 0 fully saturated rings. The van der Waals surface area contributed by atoms with E-state index in [2.05, 4.69) is 11.8 Å². The van der Waals surface area contributed by atoms with E-state index in [0.29, 0.717) is 10.8 Å². The molecule has 0 saturated heterocycles. The zero-order chi connectivity index (χ0) is 9.68. The normalized spacial score (nSPS) is 9.38. The van der Waals surface area contributed by atoms with E-state index in [1.54, 1.807) is 24.3 Å². The van der Waals surface area contributed by atoms with Crippen molar-refractivity contribution in [2.24, 2.45) is 0 Å². The quantitative estimate of drug-likeness (QED) is 0.699. The third-order valence-electron chi connectivity index (χ3n) is 1.33. The van der Waals surface area contributed by atoms with E-state index in [4.69, 9.17) is 16.3 Å². The summed E-state index contributed by atoms with van der Waals surface area (Å²) in [7, 11) is 2.96. The number of esters is 1. The summed E-state index contributed by atoms with van der Waals surface area (Å²) in [5.41, 5.74) is 0. The monoisotopic (exact) mass is 199 g/mol. The lowest BCUT2D eigenvalue weighted by Crippen LogP contribution is -2.11. The first-order valence-electron chi connectivity index (χ1n) is 3.55. The Labute approximate surface area is 81.2 Å². The molecule has 1 aromatic carbocycles. The molecule has 0 amide bonds. The molecule has 0 aliphatic heterocycles. The maximum atomic E-state index is 10.6. The number of ether oxygens (including phenoxy) is 2. The van der Waals surface area contributed by atoms with Crippen molar-refractivity contribution in [2.45, 2.75) is 0 Å². The minimum Gasteiger partial charge on any atom is -0.482 e. The van der Waals surface area contributed by atoms with Crippen molar-refractivity contribution in [2.75, 3.05) is 6.61 Å². The highest BCUT2D eigenvalue weighted by atomic mass is 35.5. The standard InChI is InChI=1S/C9H8ClO3/c1-12-9(11)6-13-8-4-2-7(10)3-5-8/h2-5H,1,6H2. The molecule has 0 spiro atoms. The molecule has 4 heteroatoms. The van der Waals surface area contributed by atoms with Gasteiger partial charge < -0.3 is 9.47 Å². The summed E-state index contributed by atoms with van der Waals surface area (Å²) in [4.78, 5) is 10.6. The molecule has 0 N–H and O–H groups in total. The summed E-state index contributed by atoms with van der Waals surface area (Å²) in [5.74, 6) is 0.0461. The highest BCUT2D eigenvalue weighted by Crippen LogP contribution is 2.15. The number of hydrogen-bond acceptors (Lipinski definition) is 3. The number of rotatable bonds is 3. The third-order valence-corrected chi connectivity index (χ3v) is 1.58. The fourth-order valence-electron chi connectivity index (χ4n) is 0.715. The van der Waals surface area contributed by atoms with E-state index >= 15 is 0 Å².